The van der Waals surface area contributed by atoms with Crippen molar-refractivity contribution in [2.75, 3.05) is 40.4 Å². The van der Waals surface area contributed by atoms with Gasteiger partial charge in [0.05, 0.1) is 20.2 Å². The van der Waals surface area contributed by atoms with Gasteiger partial charge in [-0.2, -0.15) is 0 Å². The van der Waals surface area contributed by atoms with E-state index in [4.69, 9.17) is 26.5 Å². The SMILES string of the molecule is C#CC.C/C=C(\C)Cl.CCOC(O)CN(C)C(=N)c1ccc(CN2C(=O)CN(S(=O)c3ccc(C)[nH]3)CC2C(=O)OC)cc1. The lowest BCUT2D eigenvalue weighted by molar-refractivity contribution is -0.156. The minimum Gasteiger partial charge on any atom is -0.467 e. The summed E-state index contributed by atoms with van der Waals surface area (Å²) >= 11 is 5.32. The van der Waals surface area contributed by atoms with Crippen molar-refractivity contribution in [3.05, 3.63) is 64.3 Å². The Kier molecular flexibility index (Phi) is 17.3. The van der Waals surface area contributed by atoms with Crippen LogP contribution in [0.5, 0.6) is 0 Å². The maximum atomic E-state index is 13.1. The van der Waals surface area contributed by atoms with E-state index in [2.05, 4.69) is 17.3 Å². The average molecular weight is 650 g/mol. The number of nitrogens with one attached hydrogen (secondary N) is 2. The summed E-state index contributed by atoms with van der Waals surface area (Å²) in [5, 5.41) is 19.5. The second-order valence-corrected chi connectivity index (χ2v) is 11.7. The minimum absolute atomic E-state index is 0.0682. The number of amides is 1. The number of allylic oxidation sites excluding steroid dienone is 2. The zero-order chi connectivity index (χ0) is 33.4. The van der Waals surface area contributed by atoms with Gasteiger partial charge in [-0.05, 0) is 52.3 Å². The van der Waals surface area contributed by atoms with E-state index in [0.29, 0.717) is 17.2 Å². The molecule has 44 heavy (non-hydrogen) atoms. The van der Waals surface area contributed by atoms with Crippen LogP contribution in [0.3, 0.4) is 0 Å². The highest BCUT2D eigenvalue weighted by atomic mass is 35.5. The molecule has 0 saturated carbocycles. The molecule has 0 spiro atoms. The number of hydrogen-bond acceptors (Lipinski definition) is 7. The molecular formula is C31H44ClN5O6S. The highest BCUT2D eigenvalue weighted by Gasteiger charge is 2.40. The molecule has 13 heteroatoms. The Hall–Kier alpha value is -3.47. The van der Waals surface area contributed by atoms with Gasteiger partial charge in [-0.1, -0.05) is 41.9 Å². The number of aliphatic hydroxyl groups is 1. The molecule has 0 aliphatic carbocycles. The average Bonchev–Trinajstić information content (AvgIpc) is 3.44. The molecule has 1 saturated heterocycles. The van der Waals surface area contributed by atoms with Crippen LogP contribution in [-0.4, -0.2) is 98.8 Å². The van der Waals surface area contributed by atoms with Gasteiger partial charge < -0.3 is 29.4 Å². The molecular weight excluding hydrogens is 606 g/mol. The number of rotatable bonds is 10. The summed E-state index contributed by atoms with van der Waals surface area (Å²) in [5.74, 6) is 1.54. The number of nitrogens with zero attached hydrogens (tertiary/aromatic N) is 3. The smallest absolute Gasteiger partial charge is 0.329 e. The van der Waals surface area contributed by atoms with E-state index in [1.165, 1.54) is 16.3 Å². The fraction of sp³-hybridized carbons (Fsp3) is 0.452. The second-order valence-electron chi connectivity index (χ2n) is 9.64. The Morgan fingerprint density at radius 2 is 1.93 bits per heavy atom. The van der Waals surface area contributed by atoms with Crippen molar-refractivity contribution >= 4 is 40.3 Å². The van der Waals surface area contributed by atoms with Gasteiger partial charge >= 0.3 is 5.97 Å². The first-order valence-corrected chi connectivity index (χ1v) is 15.4. The third kappa shape index (κ3) is 12.3. The van der Waals surface area contributed by atoms with Crippen LogP contribution in [0.4, 0.5) is 0 Å². The van der Waals surface area contributed by atoms with E-state index in [9.17, 15) is 18.9 Å². The van der Waals surface area contributed by atoms with Crippen molar-refractivity contribution < 1.29 is 28.4 Å². The van der Waals surface area contributed by atoms with Crippen molar-refractivity contribution in [3.63, 3.8) is 0 Å². The zero-order valence-corrected chi connectivity index (χ0v) is 28.0. The Labute approximate surface area is 268 Å². The molecule has 3 atom stereocenters. The summed E-state index contributed by atoms with van der Waals surface area (Å²) in [6, 6.07) is 9.64. The lowest BCUT2D eigenvalue weighted by Crippen LogP contribution is -2.59. The number of aliphatic hydroxyl groups excluding tert-OH is 1. The summed E-state index contributed by atoms with van der Waals surface area (Å²) in [6.45, 7) is 9.68. The molecule has 1 amide bonds. The summed E-state index contributed by atoms with van der Waals surface area (Å²) < 4.78 is 24.5. The molecule has 0 bridgehead atoms. The Bertz CT molecular complexity index is 1320. The summed E-state index contributed by atoms with van der Waals surface area (Å²) in [7, 11) is 1.33. The van der Waals surface area contributed by atoms with Gasteiger partial charge in [-0.15, -0.1) is 12.3 Å². The number of aromatic amines is 1. The number of hydrogen-bond donors (Lipinski definition) is 3. The van der Waals surface area contributed by atoms with Gasteiger partial charge in [0.2, 0.25) is 5.91 Å². The number of ether oxygens (including phenoxy) is 2. The molecule has 3 rings (SSSR count). The number of halogens is 1. The first-order chi connectivity index (χ1) is 20.8. The molecule has 2 heterocycles. The Balaban J connectivity index is 0.00000108. The van der Waals surface area contributed by atoms with Gasteiger partial charge in [0, 0.05) is 43.0 Å². The van der Waals surface area contributed by atoms with Gasteiger partial charge in [-0.3, -0.25) is 10.2 Å². The molecule has 0 radical (unpaired) electrons. The number of carbonyl (C=O) groups is 2. The third-order valence-corrected chi connectivity index (χ3v) is 7.81. The molecule has 11 nitrogen and oxygen atoms in total. The van der Waals surface area contributed by atoms with Crippen LogP contribution in [0, 0.1) is 24.7 Å². The van der Waals surface area contributed by atoms with E-state index in [-0.39, 0.29) is 37.9 Å². The number of methoxy groups -OCH3 is 1. The molecule has 242 valence electrons. The lowest BCUT2D eigenvalue weighted by Gasteiger charge is -2.38. The number of likely N-dealkylation sites (N-methyl/N-ethyl adjacent to an activating group) is 1. The number of aromatic nitrogens is 1. The molecule has 1 aliphatic rings. The topological polar surface area (TPSA) is 139 Å². The molecule has 1 aromatic heterocycles. The normalized spacial score (nSPS) is 16.4. The molecule has 1 fully saturated rings. The Morgan fingerprint density at radius 1 is 1.34 bits per heavy atom. The first-order valence-electron chi connectivity index (χ1n) is 13.9. The maximum absolute atomic E-state index is 13.1. The highest BCUT2D eigenvalue weighted by molar-refractivity contribution is 7.82. The van der Waals surface area contributed by atoms with E-state index in [1.54, 1.807) is 62.2 Å². The lowest BCUT2D eigenvalue weighted by atomic mass is 10.1. The van der Waals surface area contributed by atoms with Crippen molar-refractivity contribution in [2.45, 2.75) is 58.5 Å². The number of amidine groups is 1. The number of H-pyrrole nitrogens is 1. The van der Waals surface area contributed by atoms with Crippen LogP contribution in [0.15, 0.2) is 52.5 Å². The standard InChI is InChI=1S/C24H33N5O6S.C4H7Cl.C3H4/c1-5-35-22(31)15-27(3)23(25)18-9-7-17(8-10-18)12-29-19(24(32)34-4)13-28(14-21(29)30)36(33)20-11-6-16(2)26-20;1-3-4(2)5;1-3-2/h6-11,19,22,25-26,31H,5,12-15H2,1-4H3;3H,1-2H3;1H,2H3/b;4-3+;. The number of terminal acetylenes is 1. The molecule has 2 aromatic rings. The molecule has 3 N–H and O–H groups in total. The highest BCUT2D eigenvalue weighted by Crippen LogP contribution is 2.21. The number of carbonyl (C=O) groups excluding carboxylic acids is 2. The number of piperazine rings is 1. The summed E-state index contributed by atoms with van der Waals surface area (Å²) in [6.07, 6.45) is 5.46. The minimum atomic E-state index is -1.62. The van der Waals surface area contributed by atoms with Crippen molar-refractivity contribution in [2.24, 2.45) is 0 Å². The van der Waals surface area contributed by atoms with Crippen LogP contribution >= 0.6 is 11.6 Å². The largest absolute Gasteiger partial charge is 0.467 e. The quantitative estimate of drug-likeness (QED) is 0.117. The van der Waals surface area contributed by atoms with Crippen LogP contribution in [0.2, 0.25) is 0 Å². The van der Waals surface area contributed by atoms with E-state index in [0.717, 1.165) is 16.3 Å². The van der Waals surface area contributed by atoms with Crippen LogP contribution in [-0.2, 0) is 36.6 Å². The van der Waals surface area contributed by atoms with Gasteiger partial charge in [-0.25, -0.2) is 13.3 Å². The summed E-state index contributed by atoms with van der Waals surface area (Å²) in [5.41, 5.74) is 2.24. The fourth-order valence-electron chi connectivity index (χ4n) is 3.91. The number of esters is 1. The predicted molar refractivity (Wildman–Crippen MR) is 173 cm³/mol. The van der Waals surface area contributed by atoms with Crippen molar-refractivity contribution in [3.8, 4) is 12.3 Å². The van der Waals surface area contributed by atoms with Crippen molar-refractivity contribution in [1.82, 2.24) is 19.1 Å². The van der Waals surface area contributed by atoms with Crippen molar-refractivity contribution in [1.29, 1.82) is 5.41 Å². The Morgan fingerprint density at radius 3 is 2.41 bits per heavy atom. The van der Waals surface area contributed by atoms with Gasteiger partial charge in [0.25, 0.3) is 0 Å². The molecule has 3 unspecified atom stereocenters. The zero-order valence-electron chi connectivity index (χ0n) is 26.4. The third-order valence-electron chi connectivity index (χ3n) is 6.23. The van der Waals surface area contributed by atoms with E-state index < -0.39 is 29.3 Å². The fourth-order valence-corrected chi connectivity index (χ4v) is 5.12. The monoisotopic (exact) mass is 649 g/mol. The first kappa shape index (κ1) is 38.6. The number of aryl methyl sites for hydroxylation is 1. The number of benzene rings is 1. The van der Waals surface area contributed by atoms with Gasteiger partial charge in [0.1, 0.15) is 27.9 Å². The second kappa shape index (κ2) is 19.7. The van der Waals surface area contributed by atoms with E-state index in [1.807, 2.05) is 26.8 Å². The maximum Gasteiger partial charge on any atom is 0.329 e. The van der Waals surface area contributed by atoms with E-state index >= 15 is 0 Å². The van der Waals surface area contributed by atoms with Crippen LogP contribution in [0.1, 0.15) is 44.5 Å². The predicted octanol–water partition coefficient (Wildman–Crippen LogP) is 3.63. The van der Waals surface area contributed by atoms with Crippen LogP contribution < -0.4 is 0 Å². The van der Waals surface area contributed by atoms with Gasteiger partial charge in [0.15, 0.2) is 6.29 Å². The molecule has 1 aliphatic heterocycles. The molecule has 1 aromatic carbocycles. The summed E-state index contributed by atoms with van der Waals surface area (Å²) in [4.78, 5) is 31.6. The van der Waals surface area contributed by atoms with Crippen LogP contribution in [0.25, 0.3) is 0 Å².